The maximum absolute atomic E-state index is 6.65. The molecular weight excluding hydrogens is 222 g/mol. The number of rotatable bonds is 3. The minimum Gasteiger partial charge on any atom is -0.497 e. The van der Waals surface area contributed by atoms with Crippen molar-refractivity contribution in [1.82, 2.24) is 0 Å². The molecule has 3 unspecified atom stereocenters. The van der Waals surface area contributed by atoms with Gasteiger partial charge in [0.15, 0.2) is 0 Å². The van der Waals surface area contributed by atoms with Crippen molar-refractivity contribution in [2.45, 2.75) is 45.1 Å². The number of hydrogen-bond acceptors (Lipinski definition) is 2. The van der Waals surface area contributed by atoms with Crippen molar-refractivity contribution in [2.75, 3.05) is 7.11 Å². The monoisotopic (exact) mass is 247 g/mol. The first-order valence-corrected chi connectivity index (χ1v) is 6.95. The highest BCUT2D eigenvalue weighted by Gasteiger charge is 2.36. The molecule has 3 atom stereocenters. The van der Waals surface area contributed by atoms with Gasteiger partial charge in [-0.2, -0.15) is 0 Å². The van der Waals surface area contributed by atoms with Crippen LogP contribution in [0, 0.1) is 11.8 Å². The Hall–Kier alpha value is -1.02. The first-order valence-electron chi connectivity index (χ1n) is 6.95. The van der Waals surface area contributed by atoms with Gasteiger partial charge in [0.25, 0.3) is 0 Å². The highest BCUT2D eigenvalue weighted by Crippen LogP contribution is 2.37. The summed E-state index contributed by atoms with van der Waals surface area (Å²) in [4.78, 5) is 0. The smallest absolute Gasteiger partial charge is 0.119 e. The Morgan fingerprint density at radius 1 is 1.39 bits per heavy atom. The van der Waals surface area contributed by atoms with E-state index in [-0.39, 0.29) is 5.54 Å². The largest absolute Gasteiger partial charge is 0.497 e. The molecule has 0 heterocycles. The summed E-state index contributed by atoms with van der Waals surface area (Å²) in [5, 5.41) is 0. The fourth-order valence-corrected chi connectivity index (χ4v) is 3.14. The van der Waals surface area contributed by atoms with Crippen molar-refractivity contribution < 1.29 is 4.74 Å². The van der Waals surface area contributed by atoms with Crippen molar-refractivity contribution >= 4 is 0 Å². The van der Waals surface area contributed by atoms with Gasteiger partial charge in [0.2, 0.25) is 0 Å². The molecule has 0 radical (unpaired) electrons. The quantitative estimate of drug-likeness (QED) is 0.888. The fourth-order valence-electron chi connectivity index (χ4n) is 3.14. The van der Waals surface area contributed by atoms with Crippen molar-refractivity contribution in [3.63, 3.8) is 0 Å². The van der Waals surface area contributed by atoms with Crippen LogP contribution >= 0.6 is 0 Å². The minimum absolute atomic E-state index is 0.0428. The minimum atomic E-state index is -0.0428. The van der Waals surface area contributed by atoms with E-state index in [9.17, 15) is 0 Å². The van der Waals surface area contributed by atoms with Crippen LogP contribution in [0.4, 0.5) is 0 Å². The Labute approximate surface area is 111 Å². The zero-order valence-corrected chi connectivity index (χ0v) is 11.8. The number of ether oxygens (including phenoxy) is 1. The van der Waals surface area contributed by atoms with Gasteiger partial charge in [0.05, 0.1) is 7.11 Å². The molecule has 1 fully saturated rings. The SMILES string of the molecule is COc1cccc(CC2(N)CCC(C)CC2C)c1. The summed E-state index contributed by atoms with van der Waals surface area (Å²) in [6.07, 6.45) is 4.59. The molecular formula is C16H25NO. The molecule has 1 aliphatic carbocycles. The molecule has 0 aromatic heterocycles. The van der Waals surface area contributed by atoms with Crippen LogP contribution in [-0.4, -0.2) is 12.6 Å². The molecule has 18 heavy (non-hydrogen) atoms. The molecule has 2 heteroatoms. The third-order valence-corrected chi connectivity index (χ3v) is 4.51. The van der Waals surface area contributed by atoms with Gasteiger partial charge in [0, 0.05) is 5.54 Å². The summed E-state index contributed by atoms with van der Waals surface area (Å²) in [7, 11) is 1.71. The molecule has 2 N–H and O–H groups in total. The second-order valence-electron chi connectivity index (χ2n) is 6.04. The van der Waals surface area contributed by atoms with Crippen LogP contribution in [0.1, 0.15) is 38.7 Å². The molecule has 0 amide bonds. The van der Waals surface area contributed by atoms with Gasteiger partial charge < -0.3 is 10.5 Å². The van der Waals surface area contributed by atoms with E-state index in [2.05, 4.69) is 26.0 Å². The lowest BCUT2D eigenvalue weighted by atomic mass is 9.68. The van der Waals surface area contributed by atoms with E-state index in [1.165, 1.54) is 18.4 Å². The summed E-state index contributed by atoms with van der Waals surface area (Å²) < 4.78 is 5.28. The van der Waals surface area contributed by atoms with Gasteiger partial charge >= 0.3 is 0 Å². The highest BCUT2D eigenvalue weighted by atomic mass is 16.5. The first kappa shape index (κ1) is 13.4. The second kappa shape index (κ2) is 5.31. The van der Waals surface area contributed by atoms with Crippen molar-refractivity contribution in [3.8, 4) is 5.75 Å². The van der Waals surface area contributed by atoms with E-state index in [1.54, 1.807) is 7.11 Å². The van der Waals surface area contributed by atoms with Crippen molar-refractivity contribution in [1.29, 1.82) is 0 Å². The third-order valence-electron chi connectivity index (χ3n) is 4.51. The summed E-state index contributed by atoms with van der Waals surface area (Å²) in [5.74, 6) is 2.34. The number of benzene rings is 1. The van der Waals surface area contributed by atoms with Gasteiger partial charge in [-0.25, -0.2) is 0 Å². The number of methoxy groups -OCH3 is 1. The van der Waals surface area contributed by atoms with Gasteiger partial charge in [-0.15, -0.1) is 0 Å². The van der Waals surface area contributed by atoms with Gasteiger partial charge in [-0.05, 0) is 55.2 Å². The normalized spacial score (nSPS) is 32.2. The van der Waals surface area contributed by atoms with Crippen LogP contribution in [0.5, 0.6) is 5.75 Å². The maximum atomic E-state index is 6.65. The fraction of sp³-hybridized carbons (Fsp3) is 0.625. The second-order valence-corrected chi connectivity index (χ2v) is 6.04. The molecule has 1 aliphatic rings. The van der Waals surface area contributed by atoms with E-state index in [0.29, 0.717) is 5.92 Å². The van der Waals surface area contributed by atoms with Crippen LogP contribution in [0.3, 0.4) is 0 Å². The average Bonchev–Trinajstić information content (AvgIpc) is 2.35. The first-order chi connectivity index (χ1) is 8.53. The Kier molecular flexibility index (Phi) is 3.96. The molecule has 0 saturated heterocycles. The zero-order valence-electron chi connectivity index (χ0n) is 11.8. The standard InChI is InChI=1S/C16H25NO/c1-12-7-8-16(17,13(2)9-12)11-14-5-4-6-15(10-14)18-3/h4-6,10,12-13H,7-9,11,17H2,1-3H3. The summed E-state index contributed by atoms with van der Waals surface area (Å²) >= 11 is 0. The molecule has 100 valence electrons. The molecule has 1 aromatic rings. The third kappa shape index (κ3) is 2.86. The lowest BCUT2D eigenvalue weighted by Crippen LogP contribution is -2.51. The Balaban J connectivity index is 2.11. The summed E-state index contributed by atoms with van der Waals surface area (Å²) in [6, 6.07) is 8.30. The van der Waals surface area contributed by atoms with Crippen LogP contribution in [-0.2, 0) is 6.42 Å². The molecule has 0 spiro atoms. The van der Waals surface area contributed by atoms with Gasteiger partial charge in [-0.1, -0.05) is 26.0 Å². The average molecular weight is 247 g/mol. The van der Waals surface area contributed by atoms with Crippen molar-refractivity contribution in [3.05, 3.63) is 29.8 Å². The molecule has 1 aromatic carbocycles. The van der Waals surface area contributed by atoms with Gasteiger partial charge in [0.1, 0.15) is 5.75 Å². The Bertz CT molecular complexity index is 404. The lowest BCUT2D eigenvalue weighted by Gasteiger charge is -2.42. The van der Waals surface area contributed by atoms with Crippen LogP contribution in [0.25, 0.3) is 0 Å². The maximum Gasteiger partial charge on any atom is 0.119 e. The van der Waals surface area contributed by atoms with E-state index in [0.717, 1.165) is 24.5 Å². The molecule has 0 aliphatic heterocycles. The predicted octanol–water partition coefficient (Wildman–Crippen LogP) is 3.39. The van der Waals surface area contributed by atoms with E-state index in [4.69, 9.17) is 10.5 Å². The summed E-state index contributed by atoms with van der Waals surface area (Å²) in [5.41, 5.74) is 7.89. The van der Waals surface area contributed by atoms with Crippen LogP contribution in [0.2, 0.25) is 0 Å². The van der Waals surface area contributed by atoms with E-state index >= 15 is 0 Å². The topological polar surface area (TPSA) is 35.2 Å². The van der Waals surface area contributed by atoms with Crippen LogP contribution in [0.15, 0.2) is 24.3 Å². The van der Waals surface area contributed by atoms with Crippen molar-refractivity contribution in [2.24, 2.45) is 17.6 Å². The molecule has 0 bridgehead atoms. The zero-order chi connectivity index (χ0) is 13.2. The molecule has 1 saturated carbocycles. The highest BCUT2D eigenvalue weighted by molar-refractivity contribution is 5.30. The lowest BCUT2D eigenvalue weighted by molar-refractivity contribution is 0.163. The molecule has 2 rings (SSSR count). The Morgan fingerprint density at radius 2 is 2.17 bits per heavy atom. The number of hydrogen-bond donors (Lipinski definition) is 1. The van der Waals surface area contributed by atoms with Crippen LogP contribution < -0.4 is 10.5 Å². The summed E-state index contributed by atoms with van der Waals surface area (Å²) in [6.45, 7) is 4.64. The molecule has 2 nitrogen and oxygen atoms in total. The van der Waals surface area contributed by atoms with E-state index in [1.807, 2.05) is 12.1 Å². The van der Waals surface area contributed by atoms with Gasteiger partial charge in [-0.3, -0.25) is 0 Å². The number of nitrogens with two attached hydrogens (primary N) is 1. The Morgan fingerprint density at radius 3 is 2.83 bits per heavy atom. The van der Waals surface area contributed by atoms with E-state index < -0.39 is 0 Å². The predicted molar refractivity (Wildman–Crippen MR) is 75.8 cm³/mol.